The van der Waals surface area contributed by atoms with Gasteiger partial charge in [-0.3, -0.25) is 0 Å². The minimum atomic E-state index is -1.70. The summed E-state index contributed by atoms with van der Waals surface area (Å²) in [6.07, 6.45) is -0.738. The van der Waals surface area contributed by atoms with Crippen LogP contribution in [0.5, 0.6) is 11.5 Å². The average Bonchev–Trinajstić information content (AvgIpc) is 2.81. The first-order valence-corrected chi connectivity index (χ1v) is 7.69. The summed E-state index contributed by atoms with van der Waals surface area (Å²) < 4.78 is 15.1. The first kappa shape index (κ1) is 17.2. The third-order valence-electron chi connectivity index (χ3n) is 4.34. The Morgan fingerprint density at radius 2 is 2.16 bits per heavy atom. The predicted octanol–water partition coefficient (Wildman–Crippen LogP) is 0.137. The first-order chi connectivity index (χ1) is 11.8. The minimum Gasteiger partial charge on any atom is -0.504 e. The van der Waals surface area contributed by atoms with Crippen LogP contribution in [0.25, 0.3) is 6.08 Å². The van der Waals surface area contributed by atoms with Gasteiger partial charge in [0.05, 0.1) is 13.2 Å². The first-order valence-electron chi connectivity index (χ1n) is 7.69. The molecule has 2 unspecified atom stereocenters. The van der Waals surface area contributed by atoms with Crippen LogP contribution in [0.2, 0.25) is 0 Å². The zero-order valence-corrected chi connectivity index (χ0v) is 13.4. The molecule has 1 saturated carbocycles. The molecule has 1 aromatic carbocycles. The Labute approximate surface area is 143 Å². The molecule has 0 aromatic heterocycles. The number of methoxy groups -OCH3 is 1. The highest BCUT2D eigenvalue weighted by molar-refractivity contribution is 5.87. The maximum atomic E-state index is 12.0. The topological polar surface area (TPSA) is 123 Å². The average molecular weight is 350 g/mol. The zero-order valence-electron chi connectivity index (χ0n) is 13.4. The van der Waals surface area contributed by atoms with Crippen LogP contribution in [0.4, 0.5) is 0 Å². The summed E-state index contributed by atoms with van der Waals surface area (Å²) in [5.74, 6) is -1.30. The van der Waals surface area contributed by atoms with Gasteiger partial charge in [-0.1, -0.05) is 6.07 Å². The molecule has 1 aliphatic carbocycles. The molecule has 2 bridgehead atoms. The maximum absolute atomic E-state index is 12.0. The fraction of sp³-hybridized carbons (Fsp3) is 0.412. The fourth-order valence-corrected chi connectivity index (χ4v) is 3.05. The second-order valence-corrected chi connectivity index (χ2v) is 6.12. The standard InChI is InChI=1S/C17H18O8/c1-23-12-6-9(2-4-10(12)18)3-5-14(20)25-15-11(19)7-17(22)8-13(15)24-16(17)21/h2-6,11,13,15,18-19,22H,7-8H2,1H3/t11?,13?,15-,17+/m1/s1. The molecular weight excluding hydrogens is 332 g/mol. The lowest BCUT2D eigenvalue weighted by molar-refractivity contribution is -0.165. The number of benzene rings is 1. The molecule has 1 aromatic rings. The molecule has 4 atom stereocenters. The third-order valence-corrected chi connectivity index (χ3v) is 4.34. The summed E-state index contributed by atoms with van der Waals surface area (Å²) in [7, 11) is 1.41. The summed E-state index contributed by atoms with van der Waals surface area (Å²) in [6, 6.07) is 4.54. The van der Waals surface area contributed by atoms with E-state index in [0.717, 1.165) is 6.08 Å². The number of hydrogen-bond acceptors (Lipinski definition) is 8. The Bertz CT molecular complexity index is 727. The molecule has 0 radical (unpaired) electrons. The van der Waals surface area contributed by atoms with Gasteiger partial charge >= 0.3 is 11.9 Å². The highest BCUT2D eigenvalue weighted by atomic mass is 16.6. The number of ether oxygens (including phenoxy) is 3. The molecule has 3 rings (SSSR count). The number of esters is 2. The summed E-state index contributed by atoms with van der Waals surface area (Å²) in [5, 5.41) is 29.6. The second kappa shape index (κ2) is 6.38. The van der Waals surface area contributed by atoms with Crippen molar-refractivity contribution in [3.8, 4) is 11.5 Å². The van der Waals surface area contributed by atoms with Gasteiger partial charge < -0.3 is 29.5 Å². The van der Waals surface area contributed by atoms with E-state index in [-0.39, 0.29) is 24.3 Å². The number of aliphatic hydroxyl groups is 2. The SMILES string of the molecule is COc1cc(C=CC(=O)O[C@@H]2C(O)C[C@]3(O)CC2OC3=O)ccc1O. The van der Waals surface area contributed by atoms with Crippen molar-refractivity contribution in [3.63, 3.8) is 0 Å². The molecule has 8 nitrogen and oxygen atoms in total. The largest absolute Gasteiger partial charge is 0.504 e. The molecule has 0 spiro atoms. The lowest BCUT2D eigenvalue weighted by atomic mass is 9.82. The lowest BCUT2D eigenvalue weighted by Gasteiger charge is -2.32. The highest BCUT2D eigenvalue weighted by Crippen LogP contribution is 2.39. The van der Waals surface area contributed by atoms with E-state index in [4.69, 9.17) is 14.2 Å². The molecule has 3 N–H and O–H groups in total. The molecule has 2 aliphatic rings. The normalized spacial score (nSPS) is 31.0. The Morgan fingerprint density at radius 3 is 2.88 bits per heavy atom. The summed E-state index contributed by atoms with van der Waals surface area (Å²) >= 11 is 0. The van der Waals surface area contributed by atoms with Crippen LogP contribution in [0, 0.1) is 0 Å². The third kappa shape index (κ3) is 3.31. The van der Waals surface area contributed by atoms with Crippen LogP contribution in [-0.4, -0.2) is 58.3 Å². The van der Waals surface area contributed by atoms with Crippen molar-refractivity contribution in [1.82, 2.24) is 0 Å². The predicted molar refractivity (Wildman–Crippen MR) is 83.6 cm³/mol. The maximum Gasteiger partial charge on any atom is 0.338 e. The van der Waals surface area contributed by atoms with Crippen molar-refractivity contribution in [1.29, 1.82) is 0 Å². The van der Waals surface area contributed by atoms with Gasteiger partial charge in [0, 0.05) is 18.9 Å². The Hall–Kier alpha value is -2.58. The van der Waals surface area contributed by atoms with Crippen molar-refractivity contribution < 1.29 is 39.1 Å². The van der Waals surface area contributed by atoms with Gasteiger partial charge in [0.15, 0.2) is 23.2 Å². The van der Waals surface area contributed by atoms with E-state index in [1.54, 1.807) is 6.07 Å². The van der Waals surface area contributed by atoms with E-state index in [1.165, 1.54) is 25.3 Å². The molecule has 1 heterocycles. The van der Waals surface area contributed by atoms with E-state index < -0.39 is 35.9 Å². The van der Waals surface area contributed by atoms with Crippen LogP contribution >= 0.6 is 0 Å². The van der Waals surface area contributed by atoms with Crippen LogP contribution in [-0.2, 0) is 19.1 Å². The van der Waals surface area contributed by atoms with Crippen molar-refractivity contribution in [2.24, 2.45) is 0 Å². The lowest BCUT2D eigenvalue weighted by Crippen LogP contribution is -2.50. The molecular formula is C17H18O8. The van der Waals surface area contributed by atoms with Gasteiger partial charge in [-0.25, -0.2) is 9.59 Å². The molecule has 1 saturated heterocycles. The van der Waals surface area contributed by atoms with E-state index in [9.17, 15) is 24.9 Å². The molecule has 1 aliphatic heterocycles. The van der Waals surface area contributed by atoms with Gasteiger partial charge in [-0.2, -0.15) is 0 Å². The molecule has 134 valence electrons. The number of phenolic OH excluding ortho intramolecular Hbond substituents is 1. The van der Waals surface area contributed by atoms with Crippen molar-refractivity contribution in [3.05, 3.63) is 29.8 Å². The van der Waals surface area contributed by atoms with Crippen molar-refractivity contribution in [2.45, 2.75) is 36.8 Å². The van der Waals surface area contributed by atoms with Gasteiger partial charge in [-0.05, 0) is 23.8 Å². The Morgan fingerprint density at radius 1 is 1.40 bits per heavy atom. The molecule has 25 heavy (non-hydrogen) atoms. The van der Waals surface area contributed by atoms with Crippen molar-refractivity contribution in [2.75, 3.05) is 7.11 Å². The monoisotopic (exact) mass is 350 g/mol. The summed E-state index contributed by atoms with van der Waals surface area (Å²) in [5.41, 5.74) is -1.11. The molecule has 8 heteroatoms. The van der Waals surface area contributed by atoms with Crippen LogP contribution in [0.3, 0.4) is 0 Å². The number of rotatable bonds is 4. The Balaban J connectivity index is 1.66. The van der Waals surface area contributed by atoms with Gasteiger partial charge in [-0.15, -0.1) is 0 Å². The second-order valence-electron chi connectivity index (χ2n) is 6.12. The number of carbonyl (C=O) groups is 2. The Kier molecular flexibility index (Phi) is 4.40. The highest BCUT2D eigenvalue weighted by Gasteiger charge is 2.58. The smallest absolute Gasteiger partial charge is 0.338 e. The van der Waals surface area contributed by atoms with E-state index in [1.807, 2.05) is 0 Å². The summed E-state index contributed by atoms with van der Waals surface area (Å²) in [4.78, 5) is 23.6. The van der Waals surface area contributed by atoms with Gasteiger partial charge in [0.2, 0.25) is 0 Å². The van der Waals surface area contributed by atoms with Crippen LogP contribution < -0.4 is 4.74 Å². The van der Waals surface area contributed by atoms with Gasteiger partial charge in [0.25, 0.3) is 0 Å². The van der Waals surface area contributed by atoms with E-state index in [2.05, 4.69) is 0 Å². The number of aromatic hydroxyl groups is 1. The van der Waals surface area contributed by atoms with E-state index >= 15 is 0 Å². The zero-order chi connectivity index (χ0) is 18.2. The minimum absolute atomic E-state index is 0.0142. The van der Waals surface area contributed by atoms with E-state index in [0.29, 0.717) is 5.56 Å². The van der Waals surface area contributed by atoms with Crippen molar-refractivity contribution >= 4 is 18.0 Å². The number of phenols is 1. The quantitative estimate of drug-likeness (QED) is 0.518. The molecule has 0 amide bonds. The number of hydrogen-bond donors (Lipinski definition) is 3. The number of fused-ring (bicyclic) bond motifs is 2. The summed E-state index contributed by atoms with van der Waals surface area (Å²) in [6.45, 7) is 0. The van der Waals surface area contributed by atoms with Crippen LogP contribution in [0.1, 0.15) is 18.4 Å². The fourth-order valence-electron chi connectivity index (χ4n) is 3.05. The number of aliphatic hydroxyl groups excluding tert-OH is 1. The molecule has 2 fully saturated rings. The number of carbonyl (C=O) groups excluding carboxylic acids is 2. The van der Waals surface area contributed by atoms with Gasteiger partial charge in [0.1, 0.15) is 6.10 Å². The van der Waals surface area contributed by atoms with Crippen LogP contribution in [0.15, 0.2) is 24.3 Å².